The number of thiazole rings is 1. The average Bonchev–Trinajstić information content (AvgIpc) is 3.35. The maximum Gasteiger partial charge on any atom is 0.325 e. The van der Waals surface area contributed by atoms with Crippen molar-refractivity contribution in [2.45, 2.75) is 33.1 Å². The summed E-state index contributed by atoms with van der Waals surface area (Å²) in [5, 5.41) is 10.7. The number of rotatable bonds is 5. The molecule has 0 bridgehead atoms. The van der Waals surface area contributed by atoms with Crippen LogP contribution in [0.25, 0.3) is 11.0 Å². The number of ether oxygens (including phenoxy) is 1. The predicted octanol–water partition coefficient (Wildman–Crippen LogP) is 5.71. The van der Waals surface area contributed by atoms with Crippen molar-refractivity contribution in [1.82, 2.24) is 15.0 Å². The summed E-state index contributed by atoms with van der Waals surface area (Å²) >= 11 is 1.39. The second-order valence-corrected chi connectivity index (χ2v) is 9.30. The molecule has 0 aliphatic rings. The zero-order valence-electron chi connectivity index (χ0n) is 18.6. The molecule has 170 valence electrons. The number of carbonyl (C=O) groups is 2. The lowest BCUT2D eigenvalue weighted by Gasteiger charge is -2.14. The Hall–Kier alpha value is -3.92. The van der Waals surface area contributed by atoms with E-state index in [0.29, 0.717) is 33.8 Å². The molecule has 0 saturated heterocycles. The number of fused-ring (bicyclic) bond motifs is 1. The Balaban J connectivity index is 1.36. The van der Waals surface area contributed by atoms with Crippen LogP contribution in [0.1, 0.15) is 33.4 Å². The Morgan fingerprint density at radius 2 is 1.70 bits per heavy atom. The third-order valence-corrected chi connectivity index (χ3v) is 5.35. The first kappa shape index (κ1) is 22.3. The number of aromatic amines is 1. The first-order valence-electron chi connectivity index (χ1n) is 10.2. The smallest absolute Gasteiger partial charge is 0.325 e. The van der Waals surface area contributed by atoms with E-state index in [4.69, 9.17) is 4.74 Å². The second-order valence-electron chi connectivity index (χ2n) is 8.44. The van der Waals surface area contributed by atoms with Crippen molar-refractivity contribution in [3.8, 4) is 11.5 Å². The van der Waals surface area contributed by atoms with E-state index in [9.17, 15) is 9.59 Å². The van der Waals surface area contributed by atoms with E-state index in [0.717, 1.165) is 11.2 Å². The number of nitrogens with zero attached hydrogens (tertiary/aromatic N) is 2. The van der Waals surface area contributed by atoms with E-state index in [-0.39, 0.29) is 17.4 Å². The highest BCUT2D eigenvalue weighted by atomic mass is 32.1. The molecule has 4 rings (SSSR count). The summed E-state index contributed by atoms with van der Waals surface area (Å²) < 4.78 is 5.89. The van der Waals surface area contributed by atoms with Gasteiger partial charge in [0.05, 0.1) is 16.7 Å². The fourth-order valence-corrected chi connectivity index (χ4v) is 3.88. The molecule has 0 fully saturated rings. The highest BCUT2D eigenvalue weighted by Crippen LogP contribution is 2.28. The number of carbonyl (C=O) groups excluding carboxylic acids is 2. The number of aromatic nitrogens is 3. The minimum atomic E-state index is -0.363. The average molecular weight is 465 g/mol. The number of nitrogens with one attached hydrogen (secondary N) is 4. The van der Waals surface area contributed by atoms with Crippen LogP contribution >= 0.6 is 11.3 Å². The van der Waals surface area contributed by atoms with E-state index < -0.39 is 0 Å². The molecule has 0 spiro atoms. The van der Waals surface area contributed by atoms with E-state index >= 15 is 0 Å². The van der Waals surface area contributed by atoms with Gasteiger partial charge in [0.2, 0.25) is 11.9 Å². The van der Waals surface area contributed by atoms with Crippen LogP contribution in [-0.2, 0) is 10.2 Å². The van der Waals surface area contributed by atoms with Gasteiger partial charge in [-0.2, -0.15) is 0 Å². The maximum absolute atomic E-state index is 12.3. The summed E-state index contributed by atoms with van der Waals surface area (Å²) in [5.41, 5.74) is 2.94. The lowest BCUT2D eigenvalue weighted by Crippen LogP contribution is -2.19. The van der Waals surface area contributed by atoms with Gasteiger partial charge in [0, 0.05) is 29.5 Å². The summed E-state index contributed by atoms with van der Waals surface area (Å²) in [6.45, 7) is 7.65. The Labute approximate surface area is 194 Å². The number of hydrogen-bond acceptors (Lipinski definition) is 6. The quantitative estimate of drug-likeness (QED) is 0.301. The minimum absolute atomic E-state index is 0.0713. The van der Waals surface area contributed by atoms with E-state index in [1.54, 1.807) is 36.4 Å². The number of imidazole rings is 1. The van der Waals surface area contributed by atoms with Crippen LogP contribution in [0.3, 0.4) is 0 Å². The zero-order valence-corrected chi connectivity index (χ0v) is 19.5. The Kier molecular flexibility index (Phi) is 6.01. The van der Waals surface area contributed by atoms with Gasteiger partial charge in [0.1, 0.15) is 11.5 Å². The second kappa shape index (κ2) is 8.91. The summed E-state index contributed by atoms with van der Waals surface area (Å²) in [5.74, 6) is 1.39. The number of amides is 3. The Morgan fingerprint density at radius 1 is 0.970 bits per heavy atom. The van der Waals surface area contributed by atoms with Crippen LogP contribution in [0.5, 0.6) is 11.5 Å². The van der Waals surface area contributed by atoms with Gasteiger partial charge < -0.3 is 15.0 Å². The SMILES string of the molecule is CC(=O)Nc1nc2cc(Oc3ccc(NC(=O)Nc4nc(C(C)(C)C)cs4)cc3)ccc2[nH]1. The lowest BCUT2D eigenvalue weighted by atomic mass is 9.93. The number of benzene rings is 2. The first-order valence-corrected chi connectivity index (χ1v) is 11.1. The van der Waals surface area contributed by atoms with Crippen molar-refractivity contribution in [3.63, 3.8) is 0 Å². The van der Waals surface area contributed by atoms with Gasteiger partial charge in [-0.15, -0.1) is 11.3 Å². The molecule has 0 aliphatic carbocycles. The molecule has 2 heterocycles. The molecule has 0 radical (unpaired) electrons. The van der Waals surface area contributed by atoms with Crippen molar-refractivity contribution in [2.75, 3.05) is 16.0 Å². The molecular formula is C23H24N6O3S. The van der Waals surface area contributed by atoms with Crippen LogP contribution < -0.4 is 20.7 Å². The fourth-order valence-electron chi connectivity index (χ4n) is 2.95. The number of anilines is 3. The third-order valence-electron chi connectivity index (χ3n) is 4.59. The van der Waals surface area contributed by atoms with Crippen LogP contribution in [0.4, 0.5) is 21.6 Å². The summed E-state index contributed by atoms with van der Waals surface area (Å²) in [4.78, 5) is 35.3. The molecule has 10 heteroatoms. The normalized spacial score (nSPS) is 11.3. The number of hydrogen-bond donors (Lipinski definition) is 4. The molecule has 4 aromatic rings. The standard InChI is InChI=1S/C23H24N6O3S/c1-13(30)24-20-26-17-10-9-16(11-18(17)27-20)32-15-7-5-14(6-8-15)25-21(31)29-22-28-19(12-33-22)23(2,3)4/h5-12H,1-4H3,(H2,24,26,27,30)(H2,25,28,29,31). The van der Waals surface area contributed by atoms with Gasteiger partial charge in [0.15, 0.2) is 5.13 Å². The molecule has 2 aromatic carbocycles. The first-order chi connectivity index (χ1) is 15.7. The molecule has 0 atom stereocenters. The molecular weight excluding hydrogens is 440 g/mol. The summed E-state index contributed by atoms with van der Waals surface area (Å²) in [7, 11) is 0. The summed E-state index contributed by atoms with van der Waals surface area (Å²) in [6.07, 6.45) is 0. The van der Waals surface area contributed by atoms with Crippen molar-refractivity contribution >= 4 is 51.1 Å². The molecule has 3 amide bonds. The third kappa shape index (κ3) is 5.66. The highest BCUT2D eigenvalue weighted by Gasteiger charge is 2.18. The van der Waals surface area contributed by atoms with Gasteiger partial charge in [-0.05, 0) is 36.4 Å². The van der Waals surface area contributed by atoms with Crippen molar-refractivity contribution in [3.05, 3.63) is 53.5 Å². The highest BCUT2D eigenvalue weighted by molar-refractivity contribution is 7.14. The molecule has 2 aromatic heterocycles. The number of H-pyrrole nitrogens is 1. The summed E-state index contributed by atoms with van der Waals surface area (Å²) in [6, 6.07) is 12.1. The Bertz CT molecular complexity index is 1300. The number of urea groups is 1. The topological polar surface area (TPSA) is 121 Å². The fraction of sp³-hybridized carbons (Fsp3) is 0.217. The van der Waals surface area contributed by atoms with E-state index in [2.05, 4.69) is 51.7 Å². The van der Waals surface area contributed by atoms with Gasteiger partial charge in [-0.3, -0.25) is 15.4 Å². The Morgan fingerprint density at radius 3 is 2.36 bits per heavy atom. The van der Waals surface area contributed by atoms with Gasteiger partial charge >= 0.3 is 6.03 Å². The molecule has 9 nitrogen and oxygen atoms in total. The largest absolute Gasteiger partial charge is 0.457 e. The van der Waals surface area contributed by atoms with Crippen LogP contribution in [0, 0.1) is 0 Å². The zero-order chi connectivity index (χ0) is 23.6. The minimum Gasteiger partial charge on any atom is -0.457 e. The van der Waals surface area contributed by atoms with Gasteiger partial charge in [-0.1, -0.05) is 20.8 Å². The van der Waals surface area contributed by atoms with Crippen LogP contribution in [-0.4, -0.2) is 26.9 Å². The lowest BCUT2D eigenvalue weighted by molar-refractivity contribution is -0.114. The van der Waals surface area contributed by atoms with Crippen LogP contribution in [0.15, 0.2) is 47.8 Å². The van der Waals surface area contributed by atoms with E-state index in [1.165, 1.54) is 18.3 Å². The molecule has 0 aliphatic heterocycles. The van der Waals surface area contributed by atoms with Crippen molar-refractivity contribution < 1.29 is 14.3 Å². The predicted molar refractivity (Wildman–Crippen MR) is 130 cm³/mol. The van der Waals surface area contributed by atoms with Crippen molar-refractivity contribution in [1.29, 1.82) is 0 Å². The monoisotopic (exact) mass is 464 g/mol. The molecule has 0 saturated carbocycles. The molecule has 4 N–H and O–H groups in total. The molecule has 0 unspecified atom stereocenters. The van der Waals surface area contributed by atoms with Gasteiger partial charge in [0.25, 0.3) is 0 Å². The van der Waals surface area contributed by atoms with Crippen molar-refractivity contribution in [2.24, 2.45) is 0 Å². The van der Waals surface area contributed by atoms with E-state index in [1.807, 2.05) is 11.4 Å². The maximum atomic E-state index is 12.3. The van der Waals surface area contributed by atoms with Gasteiger partial charge in [-0.25, -0.2) is 14.8 Å². The van der Waals surface area contributed by atoms with Crippen LogP contribution in [0.2, 0.25) is 0 Å². The molecule has 33 heavy (non-hydrogen) atoms.